The molecular weight excluding hydrogens is 418 g/mol. The lowest BCUT2D eigenvalue weighted by Crippen LogP contribution is -2.22. The van der Waals surface area contributed by atoms with Gasteiger partial charge in [0.05, 0.1) is 5.92 Å². The fourth-order valence-electron chi connectivity index (χ4n) is 3.73. The predicted octanol–water partition coefficient (Wildman–Crippen LogP) is 5.19. The number of carbonyl (C=O) groups excluding carboxylic acids is 1. The zero-order chi connectivity index (χ0) is 21.9. The number of amides is 1. The van der Waals surface area contributed by atoms with Gasteiger partial charge in [-0.3, -0.25) is 4.79 Å². The number of fused-ring (bicyclic) bond motifs is 1. The van der Waals surface area contributed by atoms with Gasteiger partial charge in [-0.1, -0.05) is 91.1 Å². The first kappa shape index (κ1) is 20.1. The topological polar surface area (TPSA) is 72.2 Å². The van der Waals surface area contributed by atoms with Gasteiger partial charge in [-0.25, -0.2) is 0 Å². The Morgan fingerprint density at radius 2 is 1.62 bits per heavy atom. The van der Waals surface area contributed by atoms with E-state index in [-0.39, 0.29) is 5.91 Å². The molecule has 2 aromatic heterocycles. The van der Waals surface area contributed by atoms with E-state index < -0.39 is 5.92 Å². The largest absolute Gasteiger partial charge is 0.325 e. The highest BCUT2D eigenvalue weighted by atomic mass is 32.1. The summed E-state index contributed by atoms with van der Waals surface area (Å²) in [5, 5.41) is 16.9. The summed E-state index contributed by atoms with van der Waals surface area (Å²) in [6, 6.07) is 27.4. The summed E-state index contributed by atoms with van der Waals surface area (Å²) in [4.78, 5) is 14.2. The van der Waals surface area contributed by atoms with Crippen LogP contribution in [0.1, 0.15) is 29.8 Å². The zero-order valence-electron chi connectivity index (χ0n) is 17.5. The maximum atomic E-state index is 13.4. The van der Waals surface area contributed by atoms with Crippen molar-refractivity contribution in [1.82, 2.24) is 19.8 Å². The fourth-order valence-corrected chi connectivity index (χ4v) is 4.58. The number of hydrogen-bond acceptors (Lipinski definition) is 5. The van der Waals surface area contributed by atoms with Crippen LogP contribution >= 0.6 is 11.3 Å². The van der Waals surface area contributed by atoms with Gasteiger partial charge in [-0.2, -0.15) is 9.61 Å². The molecule has 5 rings (SSSR count). The Labute approximate surface area is 189 Å². The third kappa shape index (κ3) is 3.90. The van der Waals surface area contributed by atoms with Crippen LogP contribution in [0.3, 0.4) is 0 Å². The van der Waals surface area contributed by atoms with Crippen LogP contribution in [-0.4, -0.2) is 25.7 Å². The Kier molecular flexibility index (Phi) is 5.47. The van der Waals surface area contributed by atoms with Crippen molar-refractivity contribution in [1.29, 1.82) is 0 Å². The van der Waals surface area contributed by atoms with Gasteiger partial charge in [0.25, 0.3) is 0 Å². The summed E-state index contributed by atoms with van der Waals surface area (Å²) in [5.41, 5.74) is 3.56. The van der Waals surface area contributed by atoms with Crippen molar-refractivity contribution in [2.45, 2.75) is 19.3 Å². The average molecular weight is 440 g/mol. The molecule has 32 heavy (non-hydrogen) atoms. The van der Waals surface area contributed by atoms with Crippen LogP contribution in [0.25, 0.3) is 15.5 Å². The highest BCUT2D eigenvalue weighted by molar-refractivity contribution is 7.19. The van der Waals surface area contributed by atoms with E-state index in [4.69, 9.17) is 0 Å². The highest BCUT2D eigenvalue weighted by Gasteiger charge is 2.23. The minimum Gasteiger partial charge on any atom is -0.325 e. The SMILES string of the molecule is CCc1nnc2sc(-c3cccc(NC(=O)C(c4ccccc4)c4ccccc4)c3)nn12. The first-order valence-corrected chi connectivity index (χ1v) is 11.3. The molecule has 0 aliphatic carbocycles. The molecule has 2 heterocycles. The van der Waals surface area contributed by atoms with Gasteiger partial charge in [0, 0.05) is 17.7 Å². The Bertz CT molecular complexity index is 1320. The van der Waals surface area contributed by atoms with Crippen LogP contribution in [0.4, 0.5) is 5.69 Å². The Hall–Kier alpha value is -3.84. The van der Waals surface area contributed by atoms with Crippen molar-refractivity contribution in [3.8, 4) is 10.6 Å². The molecule has 158 valence electrons. The number of nitrogens with zero attached hydrogens (tertiary/aromatic N) is 4. The molecule has 0 spiro atoms. The molecule has 0 bridgehead atoms. The molecule has 1 amide bonds. The standard InChI is InChI=1S/C25H21N5OS/c1-2-21-27-28-25-30(21)29-24(32-25)19-14-9-15-20(16-19)26-23(31)22(17-10-5-3-6-11-17)18-12-7-4-8-13-18/h3-16,22H,2H2,1H3,(H,26,31). The Morgan fingerprint density at radius 1 is 0.938 bits per heavy atom. The average Bonchev–Trinajstić information content (AvgIpc) is 3.42. The number of benzene rings is 3. The second-order valence-corrected chi connectivity index (χ2v) is 8.35. The van der Waals surface area contributed by atoms with Gasteiger partial charge in [0.1, 0.15) is 5.01 Å². The number of nitrogens with one attached hydrogen (secondary N) is 1. The number of anilines is 1. The number of rotatable bonds is 6. The summed E-state index contributed by atoms with van der Waals surface area (Å²) in [5.74, 6) is 0.355. The van der Waals surface area contributed by atoms with Gasteiger partial charge in [-0.15, -0.1) is 10.2 Å². The van der Waals surface area contributed by atoms with Crippen LogP contribution in [0.2, 0.25) is 0 Å². The van der Waals surface area contributed by atoms with Crippen LogP contribution in [0, 0.1) is 0 Å². The molecule has 0 saturated heterocycles. The van der Waals surface area contributed by atoms with E-state index in [0.29, 0.717) is 0 Å². The van der Waals surface area contributed by atoms with Crippen molar-refractivity contribution >= 4 is 27.9 Å². The Morgan fingerprint density at radius 3 is 2.28 bits per heavy atom. The molecule has 0 saturated carbocycles. The van der Waals surface area contributed by atoms with Gasteiger partial charge in [0.15, 0.2) is 5.82 Å². The summed E-state index contributed by atoms with van der Waals surface area (Å²) >= 11 is 1.48. The highest BCUT2D eigenvalue weighted by Crippen LogP contribution is 2.30. The molecule has 0 radical (unpaired) electrons. The van der Waals surface area contributed by atoms with E-state index in [0.717, 1.165) is 44.6 Å². The maximum absolute atomic E-state index is 13.4. The first-order chi connectivity index (χ1) is 15.7. The van der Waals surface area contributed by atoms with Gasteiger partial charge < -0.3 is 5.32 Å². The molecule has 0 aliphatic heterocycles. The molecule has 0 aliphatic rings. The monoisotopic (exact) mass is 439 g/mol. The maximum Gasteiger partial charge on any atom is 0.236 e. The van der Waals surface area contributed by atoms with Crippen molar-refractivity contribution in [2.75, 3.05) is 5.32 Å². The van der Waals surface area contributed by atoms with Gasteiger partial charge in [0.2, 0.25) is 10.9 Å². The zero-order valence-corrected chi connectivity index (χ0v) is 18.3. The quantitative estimate of drug-likeness (QED) is 0.395. The normalized spacial score (nSPS) is 11.2. The summed E-state index contributed by atoms with van der Waals surface area (Å²) in [6.45, 7) is 2.03. The van der Waals surface area contributed by atoms with Crippen molar-refractivity contribution in [3.05, 3.63) is 102 Å². The van der Waals surface area contributed by atoms with E-state index in [1.807, 2.05) is 91.9 Å². The Balaban J connectivity index is 1.45. The summed E-state index contributed by atoms with van der Waals surface area (Å²) < 4.78 is 1.78. The van der Waals surface area contributed by atoms with Crippen LogP contribution < -0.4 is 5.32 Å². The van der Waals surface area contributed by atoms with Crippen molar-refractivity contribution in [2.24, 2.45) is 0 Å². The van der Waals surface area contributed by atoms with E-state index >= 15 is 0 Å². The summed E-state index contributed by atoms with van der Waals surface area (Å²) in [7, 11) is 0. The molecule has 6 nitrogen and oxygen atoms in total. The molecule has 3 aromatic carbocycles. The minimum atomic E-state index is -0.401. The second-order valence-electron chi connectivity index (χ2n) is 7.40. The van der Waals surface area contributed by atoms with E-state index in [9.17, 15) is 4.79 Å². The number of hydrogen-bond donors (Lipinski definition) is 1. The molecule has 0 atom stereocenters. The molecule has 1 N–H and O–H groups in total. The molecule has 5 aromatic rings. The van der Waals surface area contributed by atoms with Crippen molar-refractivity contribution in [3.63, 3.8) is 0 Å². The van der Waals surface area contributed by atoms with E-state index in [2.05, 4.69) is 20.6 Å². The lowest BCUT2D eigenvalue weighted by molar-refractivity contribution is -0.116. The fraction of sp³-hybridized carbons (Fsp3) is 0.120. The summed E-state index contributed by atoms with van der Waals surface area (Å²) in [6.07, 6.45) is 0.765. The number of aryl methyl sites for hydroxylation is 1. The smallest absolute Gasteiger partial charge is 0.236 e. The van der Waals surface area contributed by atoms with Gasteiger partial charge >= 0.3 is 0 Å². The molecule has 7 heteroatoms. The van der Waals surface area contributed by atoms with Crippen LogP contribution in [0.15, 0.2) is 84.9 Å². The van der Waals surface area contributed by atoms with E-state index in [1.165, 1.54) is 11.3 Å². The lowest BCUT2D eigenvalue weighted by atomic mass is 9.90. The number of aromatic nitrogens is 4. The van der Waals surface area contributed by atoms with Crippen molar-refractivity contribution < 1.29 is 4.79 Å². The molecule has 0 unspecified atom stereocenters. The second kappa shape index (κ2) is 8.72. The third-order valence-corrected chi connectivity index (χ3v) is 6.22. The predicted molar refractivity (Wildman–Crippen MR) is 127 cm³/mol. The van der Waals surface area contributed by atoms with Gasteiger partial charge in [-0.05, 0) is 23.3 Å². The van der Waals surface area contributed by atoms with Crippen LogP contribution in [-0.2, 0) is 11.2 Å². The van der Waals surface area contributed by atoms with Crippen LogP contribution in [0.5, 0.6) is 0 Å². The molecule has 0 fully saturated rings. The first-order valence-electron chi connectivity index (χ1n) is 10.4. The lowest BCUT2D eigenvalue weighted by Gasteiger charge is -2.18. The van der Waals surface area contributed by atoms with E-state index in [1.54, 1.807) is 4.52 Å². The minimum absolute atomic E-state index is 0.0778. The number of carbonyl (C=O) groups is 1. The third-order valence-electron chi connectivity index (χ3n) is 5.28. The molecular formula is C25H21N5OS.